The van der Waals surface area contributed by atoms with Crippen LogP contribution in [-0.2, 0) is 0 Å². The molecule has 2 rings (SSSR count). The normalized spacial score (nSPS) is 10.4. The molecular formula is C13H13ClN2O2. The SMILES string of the molecule is COc1cc(C)c(Cl)c(C)c1-c1[nH]ncc1C=O. The second-order valence-corrected chi connectivity index (χ2v) is 4.41. The molecule has 1 aromatic heterocycles. The molecule has 5 heteroatoms. The van der Waals surface area contributed by atoms with E-state index in [1.165, 1.54) is 6.20 Å². The number of carbonyl (C=O) groups is 1. The standard InChI is InChI=1S/C13H13ClN2O2/c1-7-4-10(18-3)11(8(2)12(7)14)13-9(6-17)5-15-16-13/h4-6H,1-3H3,(H,15,16). The van der Waals surface area contributed by atoms with Crippen molar-refractivity contribution in [2.45, 2.75) is 13.8 Å². The molecule has 1 aromatic carbocycles. The van der Waals surface area contributed by atoms with Gasteiger partial charge in [-0.25, -0.2) is 0 Å². The Kier molecular flexibility index (Phi) is 3.39. The Balaban J connectivity index is 2.78. The highest BCUT2D eigenvalue weighted by Crippen LogP contribution is 2.38. The molecule has 0 spiro atoms. The van der Waals surface area contributed by atoms with Crippen LogP contribution >= 0.6 is 11.6 Å². The Hall–Kier alpha value is -1.81. The van der Waals surface area contributed by atoms with E-state index in [9.17, 15) is 4.79 Å². The predicted octanol–water partition coefficient (Wildman–Crippen LogP) is 3.17. The van der Waals surface area contributed by atoms with Crippen LogP contribution in [0.25, 0.3) is 11.3 Å². The molecule has 1 heterocycles. The molecule has 0 saturated heterocycles. The van der Waals surface area contributed by atoms with E-state index < -0.39 is 0 Å². The number of hydrogen-bond acceptors (Lipinski definition) is 3. The summed E-state index contributed by atoms with van der Waals surface area (Å²) in [5.41, 5.74) is 3.67. The molecule has 1 N–H and O–H groups in total. The van der Waals surface area contributed by atoms with Crippen LogP contribution in [0.3, 0.4) is 0 Å². The van der Waals surface area contributed by atoms with Gasteiger partial charge in [-0.1, -0.05) is 11.6 Å². The summed E-state index contributed by atoms with van der Waals surface area (Å²) in [6.07, 6.45) is 2.24. The van der Waals surface area contributed by atoms with Gasteiger partial charge in [0.15, 0.2) is 6.29 Å². The number of nitrogens with one attached hydrogen (secondary N) is 1. The zero-order chi connectivity index (χ0) is 13.3. The molecular weight excluding hydrogens is 252 g/mol. The van der Waals surface area contributed by atoms with Crippen LogP contribution in [0.1, 0.15) is 21.5 Å². The van der Waals surface area contributed by atoms with E-state index in [2.05, 4.69) is 10.2 Å². The van der Waals surface area contributed by atoms with Crippen molar-refractivity contribution in [2.75, 3.05) is 7.11 Å². The number of ether oxygens (including phenoxy) is 1. The maximum atomic E-state index is 11.0. The minimum Gasteiger partial charge on any atom is -0.496 e. The Morgan fingerprint density at radius 1 is 1.44 bits per heavy atom. The topological polar surface area (TPSA) is 55.0 Å². The lowest BCUT2D eigenvalue weighted by molar-refractivity contribution is 0.112. The first-order valence-electron chi connectivity index (χ1n) is 5.42. The molecule has 0 aliphatic carbocycles. The molecule has 0 radical (unpaired) electrons. The Morgan fingerprint density at radius 3 is 2.78 bits per heavy atom. The summed E-state index contributed by atoms with van der Waals surface area (Å²) in [6.45, 7) is 3.80. The van der Waals surface area contributed by atoms with Gasteiger partial charge in [-0.2, -0.15) is 5.10 Å². The summed E-state index contributed by atoms with van der Waals surface area (Å²) in [7, 11) is 1.59. The van der Waals surface area contributed by atoms with E-state index in [0.29, 0.717) is 22.0 Å². The smallest absolute Gasteiger partial charge is 0.153 e. The summed E-state index contributed by atoms with van der Waals surface area (Å²) in [5, 5.41) is 7.36. The van der Waals surface area contributed by atoms with Crippen molar-refractivity contribution >= 4 is 17.9 Å². The van der Waals surface area contributed by atoms with Crippen LogP contribution in [0.2, 0.25) is 5.02 Å². The van der Waals surface area contributed by atoms with Gasteiger partial charge in [-0.3, -0.25) is 9.89 Å². The molecule has 94 valence electrons. The van der Waals surface area contributed by atoms with E-state index >= 15 is 0 Å². The van der Waals surface area contributed by atoms with E-state index in [1.807, 2.05) is 19.9 Å². The molecule has 0 atom stereocenters. The van der Waals surface area contributed by atoms with E-state index in [1.54, 1.807) is 7.11 Å². The fraction of sp³-hybridized carbons (Fsp3) is 0.231. The number of halogens is 1. The number of methoxy groups -OCH3 is 1. The highest BCUT2D eigenvalue weighted by Gasteiger charge is 2.18. The van der Waals surface area contributed by atoms with Gasteiger partial charge in [-0.05, 0) is 31.0 Å². The number of aromatic amines is 1. The third-order valence-corrected chi connectivity index (χ3v) is 3.49. The highest BCUT2D eigenvalue weighted by atomic mass is 35.5. The molecule has 0 amide bonds. The lowest BCUT2D eigenvalue weighted by atomic mass is 9.99. The largest absolute Gasteiger partial charge is 0.496 e. The van der Waals surface area contributed by atoms with Gasteiger partial charge in [0.2, 0.25) is 0 Å². The van der Waals surface area contributed by atoms with Crippen LogP contribution in [0.5, 0.6) is 5.75 Å². The number of hydrogen-bond donors (Lipinski definition) is 1. The van der Waals surface area contributed by atoms with Crippen LogP contribution in [0.15, 0.2) is 12.3 Å². The molecule has 0 aliphatic rings. The fourth-order valence-corrected chi connectivity index (χ4v) is 2.13. The molecule has 18 heavy (non-hydrogen) atoms. The van der Waals surface area contributed by atoms with Crippen LogP contribution in [-0.4, -0.2) is 23.6 Å². The zero-order valence-corrected chi connectivity index (χ0v) is 11.1. The van der Waals surface area contributed by atoms with Crippen molar-refractivity contribution in [3.63, 3.8) is 0 Å². The van der Waals surface area contributed by atoms with Crippen molar-refractivity contribution in [2.24, 2.45) is 0 Å². The summed E-state index contributed by atoms with van der Waals surface area (Å²) >= 11 is 6.25. The molecule has 0 bridgehead atoms. The second kappa shape index (κ2) is 4.82. The maximum absolute atomic E-state index is 11.0. The number of aryl methyl sites for hydroxylation is 1. The molecule has 0 fully saturated rings. The lowest BCUT2D eigenvalue weighted by Crippen LogP contribution is -1.96. The Labute approximate surface area is 110 Å². The Morgan fingerprint density at radius 2 is 2.17 bits per heavy atom. The Bertz CT molecular complexity index is 605. The number of benzene rings is 1. The van der Waals surface area contributed by atoms with Crippen LogP contribution in [0, 0.1) is 13.8 Å². The number of rotatable bonds is 3. The van der Waals surface area contributed by atoms with Gasteiger partial charge in [0.25, 0.3) is 0 Å². The number of aldehydes is 1. The average Bonchev–Trinajstić information content (AvgIpc) is 2.83. The molecule has 0 saturated carbocycles. The maximum Gasteiger partial charge on any atom is 0.153 e. The summed E-state index contributed by atoms with van der Waals surface area (Å²) in [5.74, 6) is 0.668. The molecule has 2 aromatic rings. The monoisotopic (exact) mass is 264 g/mol. The zero-order valence-electron chi connectivity index (χ0n) is 10.4. The lowest BCUT2D eigenvalue weighted by Gasteiger charge is -2.14. The molecule has 0 aliphatic heterocycles. The van der Waals surface area contributed by atoms with Crippen molar-refractivity contribution in [3.05, 3.63) is 34.0 Å². The van der Waals surface area contributed by atoms with Crippen molar-refractivity contribution < 1.29 is 9.53 Å². The molecule has 0 unspecified atom stereocenters. The number of nitrogens with zero attached hydrogens (tertiary/aromatic N) is 1. The first-order chi connectivity index (χ1) is 8.60. The highest BCUT2D eigenvalue weighted by molar-refractivity contribution is 6.32. The summed E-state index contributed by atoms with van der Waals surface area (Å²) in [4.78, 5) is 11.0. The minimum absolute atomic E-state index is 0.483. The predicted molar refractivity (Wildman–Crippen MR) is 70.4 cm³/mol. The fourth-order valence-electron chi connectivity index (χ4n) is 1.98. The molecule has 4 nitrogen and oxygen atoms in total. The van der Waals surface area contributed by atoms with Gasteiger partial charge in [0, 0.05) is 10.6 Å². The summed E-state index contributed by atoms with van der Waals surface area (Å²) < 4.78 is 5.36. The second-order valence-electron chi connectivity index (χ2n) is 4.03. The van der Waals surface area contributed by atoms with Crippen molar-refractivity contribution in [3.8, 4) is 17.0 Å². The van der Waals surface area contributed by atoms with E-state index in [0.717, 1.165) is 23.0 Å². The number of carbonyl (C=O) groups excluding carboxylic acids is 1. The van der Waals surface area contributed by atoms with E-state index in [4.69, 9.17) is 16.3 Å². The third kappa shape index (κ3) is 1.88. The quantitative estimate of drug-likeness (QED) is 0.867. The van der Waals surface area contributed by atoms with Crippen molar-refractivity contribution in [1.82, 2.24) is 10.2 Å². The van der Waals surface area contributed by atoms with Crippen molar-refractivity contribution in [1.29, 1.82) is 0 Å². The minimum atomic E-state index is 0.483. The van der Waals surface area contributed by atoms with Crippen LogP contribution in [0.4, 0.5) is 0 Å². The summed E-state index contributed by atoms with van der Waals surface area (Å²) in [6, 6.07) is 1.85. The first kappa shape index (κ1) is 12.6. The van der Waals surface area contributed by atoms with Gasteiger partial charge in [-0.15, -0.1) is 0 Å². The van der Waals surface area contributed by atoms with E-state index in [-0.39, 0.29) is 0 Å². The van der Waals surface area contributed by atoms with Gasteiger partial charge < -0.3 is 4.74 Å². The van der Waals surface area contributed by atoms with Gasteiger partial charge in [0.1, 0.15) is 5.75 Å². The third-order valence-electron chi connectivity index (χ3n) is 2.91. The first-order valence-corrected chi connectivity index (χ1v) is 5.80. The number of aromatic nitrogens is 2. The van der Waals surface area contributed by atoms with Crippen LogP contribution < -0.4 is 4.74 Å². The van der Waals surface area contributed by atoms with Gasteiger partial charge in [0.05, 0.1) is 24.6 Å². The van der Waals surface area contributed by atoms with Gasteiger partial charge >= 0.3 is 0 Å². The number of H-pyrrole nitrogens is 1. The average molecular weight is 265 g/mol.